The third kappa shape index (κ3) is 4.62. The third-order valence-electron chi connectivity index (χ3n) is 2.97. The molecule has 4 heteroatoms. The lowest BCUT2D eigenvalue weighted by molar-refractivity contribution is 0.303. The average molecular weight is 294 g/mol. The normalized spacial score (nSPS) is 16.6. The molecular weight excluding hydrogens is 262 g/mol. The van der Waals surface area contributed by atoms with Crippen LogP contribution in [0.5, 0.6) is 0 Å². The average Bonchev–Trinajstić information content (AvgIpc) is 2.14. The van der Waals surface area contributed by atoms with E-state index in [2.05, 4.69) is 55.4 Å². The lowest BCUT2D eigenvalue weighted by atomic mass is 10.3. The van der Waals surface area contributed by atoms with Crippen LogP contribution in [-0.4, -0.2) is 23.1 Å². The van der Waals surface area contributed by atoms with Gasteiger partial charge in [0.15, 0.2) is 0 Å². The zero-order valence-corrected chi connectivity index (χ0v) is 15.3. The van der Waals surface area contributed by atoms with Crippen LogP contribution in [0.15, 0.2) is 0 Å². The maximum absolute atomic E-state index is 13.5. The molecule has 0 aromatic rings. The number of unbranched alkanes of at least 4 members (excludes halogenated alkanes) is 1. The predicted octanol–water partition coefficient (Wildman–Crippen LogP) is 6.09. The maximum atomic E-state index is 13.5. The number of hydrogen-bond acceptors (Lipinski definition) is 2. The molecule has 0 aromatic heterocycles. The van der Waals surface area contributed by atoms with Crippen molar-refractivity contribution in [1.29, 1.82) is 0 Å². The van der Waals surface area contributed by atoms with E-state index in [4.69, 9.17) is 4.52 Å². The second-order valence-corrected chi connectivity index (χ2v) is 14.9. The monoisotopic (exact) mass is 294 g/mol. The quantitative estimate of drug-likeness (QED) is 0.419. The summed E-state index contributed by atoms with van der Waals surface area (Å²) in [4.78, 5) is 0. The van der Waals surface area contributed by atoms with Gasteiger partial charge in [0.25, 0.3) is 0 Å². The lowest BCUT2D eigenvalue weighted by Crippen LogP contribution is -2.20. The Morgan fingerprint density at radius 3 is 1.83 bits per heavy atom. The summed E-state index contributed by atoms with van der Waals surface area (Å²) in [6.45, 7) is 17.7. The summed E-state index contributed by atoms with van der Waals surface area (Å²) in [6, 6.07) is 0. The largest absolute Gasteiger partial charge is 0.325 e. The summed E-state index contributed by atoms with van der Waals surface area (Å²) in [5.74, 6) is 0. The van der Waals surface area contributed by atoms with Gasteiger partial charge in [-0.2, -0.15) is 0 Å². The highest BCUT2D eigenvalue weighted by Gasteiger charge is 2.47. The maximum Gasteiger partial charge on any atom is 0.228 e. The van der Waals surface area contributed by atoms with Gasteiger partial charge in [-0.3, -0.25) is 4.57 Å². The van der Waals surface area contributed by atoms with E-state index < -0.39 is 14.7 Å². The fourth-order valence-electron chi connectivity index (χ4n) is 2.14. The Morgan fingerprint density at radius 1 is 1.11 bits per heavy atom. The Morgan fingerprint density at radius 2 is 1.56 bits per heavy atom. The van der Waals surface area contributed by atoms with Gasteiger partial charge in [-0.05, 0) is 25.3 Å². The zero-order valence-electron chi connectivity index (χ0n) is 13.5. The van der Waals surface area contributed by atoms with E-state index in [1.165, 1.54) is 0 Å². The summed E-state index contributed by atoms with van der Waals surface area (Å²) >= 11 is 0. The molecule has 0 saturated heterocycles. The first-order chi connectivity index (χ1) is 8.08. The summed E-state index contributed by atoms with van der Waals surface area (Å²) in [6.07, 6.45) is 2.09. The van der Waals surface area contributed by atoms with E-state index in [1.807, 2.05) is 0 Å². The Kier molecular flexibility index (Phi) is 7.67. The van der Waals surface area contributed by atoms with Crippen molar-refractivity contribution in [3.05, 3.63) is 0 Å². The second-order valence-electron chi connectivity index (χ2n) is 6.45. The molecule has 0 fully saturated rings. The van der Waals surface area contributed by atoms with Gasteiger partial charge in [0.05, 0.1) is 6.61 Å². The summed E-state index contributed by atoms with van der Waals surface area (Å²) < 4.78 is 19.5. The van der Waals surface area contributed by atoms with E-state index in [9.17, 15) is 4.57 Å². The molecule has 0 saturated carbocycles. The Labute approximate surface area is 115 Å². The van der Waals surface area contributed by atoms with Crippen LogP contribution in [-0.2, 0) is 9.09 Å². The Bertz CT molecular complexity index is 272. The van der Waals surface area contributed by atoms with E-state index in [1.54, 1.807) is 0 Å². The van der Waals surface area contributed by atoms with Gasteiger partial charge in [0.2, 0.25) is 7.06 Å². The van der Waals surface area contributed by atoms with Gasteiger partial charge in [0, 0.05) is 5.16 Å². The smallest absolute Gasteiger partial charge is 0.228 e. The molecule has 0 N–H and O–H groups in total. The van der Waals surface area contributed by atoms with E-state index in [0.29, 0.717) is 17.9 Å². The highest BCUT2D eigenvalue weighted by molar-refractivity contribution is 8.32. The molecule has 0 amide bonds. The highest BCUT2D eigenvalue weighted by atomic mass is 32.1. The molecule has 0 radical (unpaired) electrons. The van der Waals surface area contributed by atoms with Crippen LogP contribution in [0.25, 0.3) is 0 Å². The lowest BCUT2D eigenvalue weighted by Gasteiger charge is -2.41. The molecule has 0 spiro atoms. The van der Waals surface area contributed by atoms with Crippen molar-refractivity contribution in [1.82, 2.24) is 0 Å². The summed E-state index contributed by atoms with van der Waals surface area (Å²) in [5.41, 5.74) is 0.901. The molecule has 2 nitrogen and oxygen atoms in total. The van der Waals surface area contributed by atoms with E-state index in [0.717, 1.165) is 12.8 Å². The second kappa shape index (κ2) is 7.41. The molecule has 0 rings (SSSR count). The standard InChI is InChI=1S/C14H32O2P2/c1-9-10-11-16-18(15,14(6,7)8)17(12(2)3)13(4)5/h12-13H,9-11H2,1-8H3. The molecule has 0 heterocycles. The SMILES string of the molecule is CCCCOP(=O)(P(C(C)C)C(C)C)C(C)(C)C. The molecule has 0 aliphatic rings. The molecule has 0 aliphatic carbocycles. The molecule has 110 valence electrons. The van der Waals surface area contributed by atoms with Gasteiger partial charge < -0.3 is 4.52 Å². The van der Waals surface area contributed by atoms with Gasteiger partial charge >= 0.3 is 0 Å². The number of hydrogen-bond donors (Lipinski definition) is 0. The van der Waals surface area contributed by atoms with Crippen LogP contribution in [0.3, 0.4) is 0 Å². The minimum absolute atomic E-state index is 0.249. The topological polar surface area (TPSA) is 26.3 Å². The fourth-order valence-corrected chi connectivity index (χ4v) is 12.5. The van der Waals surface area contributed by atoms with Gasteiger partial charge in [-0.15, -0.1) is 0 Å². The van der Waals surface area contributed by atoms with Crippen molar-refractivity contribution >= 4 is 14.7 Å². The van der Waals surface area contributed by atoms with Crippen molar-refractivity contribution in [3.63, 3.8) is 0 Å². The molecule has 0 bridgehead atoms. The van der Waals surface area contributed by atoms with Crippen molar-refractivity contribution in [2.75, 3.05) is 6.61 Å². The zero-order chi connectivity index (χ0) is 14.6. The Balaban J connectivity index is 5.25. The van der Waals surface area contributed by atoms with Crippen LogP contribution >= 0.6 is 14.7 Å². The van der Waals surface area contributed by atoms with Crippen LogP contribution < -0.4 is 0 Å². The van der Waals surface area contributed by atoms with Crippen LogP contribution in [0.2, 0.25) is 0 Å². The molecule has 0 aromatic carbocycles. The molecule has 18 heavy (non-hydrogen) atoms. The first-order valence-corrected chi connectivity index (χ1v) is 10.9. The minimum atomic E-state index is -2.59. The minimum Gasteiger partial charge on any atom is -0.325 e. The molecule has 0 aliphatic heterocycles. The van der Waals surface area contributed by atoms with Gasteiger partial charge in [-0.25, -0.2) is 0 Å². The van der Waals surface area contributed by atoms with E-state index >= 15 is 0 Å². The van der Waals surface area contributed by atoms with Gasteiger partial charge in [-0.1, -0.05) is 61.8 Å². The molecule has 1 unspecified atom stereocenters. The summed E-state index contributed by atoms with van der Waals surface area (Å²) in [5, 5.41) is -0.249. The van der Waals surface area contributed by atoms with Crippen molar-refractivity contribution < 1.29 is 9.09 Å². The van der Waals surface area contributed by atoms with Crippen molar-refractivity contribution in [3.8, 4) is 0 Å². The predicted molar refractivity (Wildman–Crippen MR) is 85.4 cm³/mol. The highest BCUT2D eigenvalue weighted by Crippen LogP contribution is 2.85. The Hall–Kier alpha value is 0.620. The van der Waals surface area contributed by atoms with Crippen molar-refractivity contribution in [2.45, 2.75) is 84.7 Å². The van der Waals surface area contributed by atoms with E-state index in [-0.39, 0.29) is 5.16 Å². The van der Waals surface area contributed by atoms with Crippen LogP contribution in [0.4, 0.5) is 0 Å². The van der Waals surface area contributed by atoms with Crippen LogP contribution in [0.1, 0.15) is 68.2 Å². The first-order valence-electron chi connectivity index (χ1n) is 7.11. The molecular formula is C14H32O2P2. The summed E-state index contributed by atoms with van der Waals surface area (Å²) in [7, 11) is -3.19. The fraction of sp³-hybridized carbons (Fsp3) is 1.00. The third-order valence-corrected chi connectivity index (χ3v) is 14.7. The van der Waals surface area contributed by atoms with Gasteiger partial charge in [0.1, 0.15) is 0 Å². The number of rotatable bonds is 7. The van der Waals surface area contributed by atoms with Crippen molar-refractivity contribution in [2.24, 2.45) is 0 Å². The molecule has 1 atom stereocenters. The van der Waals surface area contributed by atoms with Crippen LogP contribution in [0, 0.1) is 0 Å². The first kappa shape index (κ1) is 18.6.